The Morgan fingerprint density at radius 2 is 2.27 bits per heavy atom. The molecule has 0 spiro atoms. The van der Waals surface area contributed by atoms with Gasteiger partial charge in [-0.3, -0.25) is 0 Å². The summed E-state index contributed by atoms with van der Waals surface area (Å²) in [5.41, 5.74) is 1.29. The lowest BCUT2D eigenvalue weighted by Crippen LogP contribution is -2.15. The molecular weight excluding hydrogens is 193 g/mol. The van der Waals surface area contributed by atoms with E-state index in [9.17, 15) is 4.39 Å². The van der Waals surface area contributed by atoms with Crippen molar-refractivity contribution in [1.82, 2.24) is 14.9 Å². The van der Waals surface area contributed by atoms with Crippen LogP contribution >= 0.6 is 0 Å². The fourth-order valence-electron chi connectivity index (χ4n) is 1.62. The van der Waals surface area contributed by atoms with E-state index < -0.39 is 0 Å². The minimum absolute atomic E-state index is 0.258. The van der Waals surface area contributed by atoms with Crippen molar-refractivity contribution >= 4 is 11.0 Å². The van der Waals surface area contributed by atoms with Crippen LogP contribution in [0.25, 0.3) is 11.0 Å². The Labute approximate surface area is 87.9 Å². The molecule has 0 saturated carbocycles. The molecule has 1 N–H and O–H groups in total. The molecule has 0 fully saturated rings. The number of aryl methyl sites for hydroxylation is 1. The van der Waals surface area contributed by atoms with E-state index >= 15 is 0 Å². The first-order valence-corrected chi connectivity index (χ1v) is 5.04. The van der Waals surface area contributed by atoms with Crippen molar-refractivity contribution < 1.29 is 4.39 Å². The number of nitrogens with zero attached hydrogens (tertiary/aromatic N) is 2. The molecule has 80 valence electrons. The number of aromatic nitrogens is 2. The van der Waals surface area contributed by atoms with E-state index in [1.807, 2.05) is 24.6 Å². The number of halogens is 1. The molecule has 2 rings (SSSR count). The summed E-state index contributed by atoms with van der Waals surface area (Å²) in [7, 11) is 1.90. The van der Waals surface area contributed by atoms with E-state index in [4.69, 9.17) is 0 Å². The number of nitrogens with one attached hydrogen (secondary N) is 1. The van der Waals surface area contributed by atoms with Crippen LogP contribution in [0.5, 0.6) is 0 Å². The highest BCUT2D eigenvalue weighted by Crippen LogP contribution is 2.17. The number of hydrogen-bond donors (Lipinski definition) is 1. The third-order valence-corrected chi connectivity index (χ3v) is 2.49. The van der Waals surface area contributed by atoms with Gasteiger partial charge in [0, 0.05) is 7.05 Å². The van der Waals surface area contributed by atoms with Crippen molar-refractivity contribution in [1.29, 1.82) is 0 Å². The van der Waals surface area contributed by atoms with E-state index in [-0.39, 0.29) is 5.82 Å². The van der Waals surface area contributed by atoms with Gasteiger partial charge in [-0.25, -0.2) is 9.37 Å². The largest absolute Gasteiger partial charge is 0.330 e. The topological polar surface area (TPSA) is 29.9 Å². The summed E-state index contributed by atoms with van der Waals surface area (Å²) in [6.45, 7) is 3.58. The Morgan fingerprint density at radius 1 is 1.47 bits per heavy atom. The van der Waals surface area contributed by atoms with Gasteiger partial charge in [-0.05, 0) is 18.7 Å². The van der Waals surface area contributed by atoms with Gasteiger partial charge in [0.1, 0.15) is 11.3 Å². The summed E-state index contributed by atoms with van der Waals surface area (Å²) < 4.78 is 15.3. The Bertz CT molecular complexity index is 476. The molecule has 15 heavy (non-hydrogen) atoms. The average molecular weight is 207 g/mol. The highest BCUT2D eigenvalue weighted by molar-refractivity contribution is 5.76. The molecule has 0 unspecified atom stereocenters. The van der Waals surface area contributed by atoms with E-state index in [0.29, 0.717) is 12.1 Å². The molecule has 2 aromatic rings. The molecule has 1 heterocycles. The highest BCUT2D eigenvalue weighted by atomic mass is 19.1. The summed E-state index contributed by atoms with van der Waals surface area (Å²) in [6.07, 6.45) is 0. The van der Waals surface area contributed by atoms with E-state index in [2.05, 4.69) is 10.3 Å². The maximum atomic E-state index is 13.4. The molecule has 3 nitrogen and oxygen atoms in total. The van der Waals surface area contributed by atoms with Crippen molar-refractivity contribution in [2.45, 2.75) is 13.5 Å². The van der Waals surface area contributed by atoms with Gasteiger partial charge in [0.25, 0.3) is 0 Å². The smallest absolute Gasteiger partial charge is 0.151 e. The average Bonchev–Trinajstić information content (AvgIpc) is 2.55. The summed E-state index contributed by atoms with van der Waals surface area (Å²) >= 11 is 0. The highest BCUT2D eigenvalue weighted by Gasteiger charge is 2.09. The first-order valence-electron chi connectivity index (χ1n) is 5.04. The van der Waals surface area contributed by atoms with Crippen LogP contribution in [0, 0.1) is 5.82 Å². The van der Waals surface area contributed by atoms with Crippen molar-refractivity contribution in [3.05, 3.63) is 29.8 Å². The molecule has 0 bridgehead atoms. The summed E-state index contributed by atoms with van der Waals surface area (Å²) in [4.78, 5) is 4.27. The third kappa shape index (κ3) is 1.72. The van der Waals surface area contributed by atoms with Gasteiger partial charge >= 0.3 is 0 Å². The van der Waals surface area contributed by atoms with Crippen LogP contribution in [0.4, 0.5) is 4.39 Å². The van der Waals surface area contributed by atoms with Gasteiger partial charge in [-0.1, -0.05) is 13.0 Å². The number of rotatable bonds is 3. The van der Waals surface area contributed by atoms with Gasteiger partial charge in [0.05, 0.1) is 12.1 Å². The molecular formula is C11H14FN3. The molecule has 4 heteroatoms. The predicted octanol–water partition coefficient (Wildman–Crippen LogP) is 1.82. The Morgan fingerprint density at radius 3 is 2.93 bits per heavy atom. The molecule has 0 aliphatic heterocycles. The summed E-state index contributed by atoms with van der Waals surface area (Å²) in [5.74, 6) is 0.600. The van der Waals surface area contributed by atoms with Crippen LogP contribution in [0.2, 0.25) is 0 Å². The fraction of sp³-hybridized carbons (Fsp3) is 0.364. The SMILES string of the molecule is CCNCc1nc2c(F)cccc2n1C. The Balaban J connectivity index is 2.49. The van der Waals surface area contributed by atoms with Crippen LogP contribution in [-0.2, 0) is 13.6 Å². The zero-order valence-corrected chi connectivity index (χ0v) is 8.92. The monoisotopic (exact) mass is 207 g/mol. The Kier molecular flexibility index (Phi) is 2.68. The number of fused-ring (bicyclic) bond motifs is 1. The first-order chi connectivity index (χ1) is 7.24. The maximum absolute atomic E-state index is 13.4. The van der Waals surface area contributed by atoms with Crippen LogP contribution in [0.3, 0.4) is 0 Å². The van der Waals surface area contributed by atoms with Crippen molar-refractivity contribution in [3.63, 3.8) is 0 Å². The van der Waals surface area contributed by atoms with Crippen LogP contribution < -0.4 is 5.32 Å². The second-order valence-electron chi connectivity index (χ2n) is 3.47. The van der Waals surface area contributed by atoms with E-state index in [1.165, 1.54) is 6.07 Å². The van der Waals surface area contributed by atoms with Gasteiger partial charge in [0.2, 0.25) is 0 Å². The molecule has 1 aromatic carbocycles. The van der Waals surface area contributed by atoms with Gasteiger partial charge < -0.3 is 9.88 Å². The minimum Gasteiger partial charge on any atom is -0.330 e. The molecule has 0 amide bonds. The van der Waals surface area contributed by atoms with E-state index in [0.717, 1.165) is 17.9 Å². The first kappa shape index (κ1) is 10.1. The minimum atomic E-state index is -0.258. The number of para-hydroxylation sites is 1. The molecule has 0 aliphatic rings. The second kappa shape index (κ2) is 3.98. The molecule has 0 radical (unpaired) electrons. The fourth-order valence-corrected chi connectivity index (χ4v) is 1.62. The number of imidazole rings is 1. The van der Waals surface area contributed by atoms with E-state index in [1.54, 1.807) is 6.07 Å². The summed E-state index contributed by atoms with van der Waals surface area (Å²) in [6, 6.07) is 5.02. The normalized spacial score (nSPS) is 11.1. The second-order valence-corrected chi connectivity index (χ2v) is 3.47. The summed E-state index contributed by atoms with van der Waals surface area (Å²) in [5, 5.41) is 3.18. The quantitative estimate of drug-likeness (QED) is 0.832. The van der Waals surface area contributed by atoms with Crippen LogP contribution in [0.1, 0.15) is 12.7 Å². The molecule has 0 saturated heterocycles. The number of hydrogen-bond acceptors (Lipinski definition) is 2. The standard InChI is InChI=1S/C11H14FN3/c1-3-13-7-10-14-11-8(12)5-4-6-9(11)15(10)2/h4-6,13H,3,7H2,1-2H3. The Hall–Kier alpha value is -1.42. The zero-order chi connectivity index (χ0) is 10.8. The van der Waals surface area contributed by atoms with Crippen molar-refractivity contribution in [2.75, 3.05) is 6.54 Å². The lowest BCUT2D eigenvalue weighted by atomic mass is 10.3. The molecule has 0 atom stereocenters. The lowest BCUT2D eigenvalue weighted by Gasteiger charge is -2.01. The lowest BCUT2D eigenvalue weighted by molar-refractivity contribution is 0.635. The van der Waals surface area contributed by atoms with Crippen molar-refractivity contribution in [2.24, 2.45) is 7.05 Å². The van der Waals surface area contributed by atoms with Crippen LogP contribution in [-0.4, -0.2) is 16.1 Å². The van der Waals surface area contributed by atoms with Gasteiger partial charge in [0.15, 0.2) is 5.82 Å². The molecule has 0 aliphatic carbocycles. The van der Waals surface area contributed by atoms with Gasteiger partial charge in [-0.2, -0.15) is 0 Å². The molecule has 1 aromatic heterocycles. The van der Waals surface area contributed by atoms with Crippen molar-refractivity contribution in [3.8, 4) is 0 Å². The van der Waals surface area contributed by atoms with Crippen LogP contribution in [0.15, 0.2) is 18.2 Å². The third-order valence-electron chi connectivity index (χ3n) is 2.49. The maximum Gasteiger partial charge on any atom is 0.151 e. The van der Waals surface area contributed by atoms with Gasteiger partial charge in [-0.15, -0.1) is 0 Å². The predicted molar refractivity (Wildman–Crippen MR) is 58.1 cm³/mol. The number of benzene rings is 1. The zero-order valence-electron chi connectivity index (χ0n) is 8.92.